The number of aryl methyl sites for hydroxylation is 1. The molecule has 28 heavy (non-hydrogen) atoms. The predicted molar refractivity (Wildman–Crippen MR) is 107 cm³/mol. The normalized spacial score (nSPS) is 11.4. The molecule has 0 radical (unpaired) electrons. The first-order valence-corrected chi connectivity index (χ1v) is 9.46. The van der Waals surface area contributed by atoms with Crippen LogP contribution in [0.15, 0.2) is 30.5 Å². The maximum atomic E-state index is 13.2. The molecule has 0 fully saturated rings. The Morgan fingerprint density at radius 2 is 2.04 bits per heavy atom. The van der Waals surface area contributed by atoms with Crippen molar-refractivity contribution in [3.05, 3.63) is 52.6 Å². The highest BCUT2D eigenvalue weighted by atomic mass is 35.5. The zero-order valence-corrected chi connectivity index (χ0v) is 16.8. The van der Waals surface area contributed by atoms with E-state index < -0.39 is 0 Å². The summed E-state index contributed by atoms with van der Waals surface area (Å²) in [4.78, 5) is 16.9. The Morgan fingerprint density at radius 3 is 2.71 bits per heavy atom. The Balaban J connectivity index is 1.82. The van der Waals surface area contributed by atoms with Crippen LogP contribution < -0.4 is 5.32 Å². The van der Waals surface area contributed by atoms with Crippen LogP contribution in [0.1, 0.15) is 36.3 Å². The molecule has 0 spiro atoms. The van der Waals surface area contributed by atoms with Gasteiger partial charge in [0.1, 0.15) is 5.82 Å². The number of nitrogens with one attached hydrogen (secondary N) is 1. The number of benzene rings is 1. The van der Waals surface area contributed by atoms with E-state index in [1.807, 2.05) is 13.8 Å². The summed E-state index contributed by atoms with van der Waals surface area (Å²) in [6.45, 7) is 6.78. The summed E-state index contributed by atoms with van der Waals surface area (Å²) in [6, 6.07) is 5.92. The summed E-state index contributed by atoms with van der Waals surface area (Å²) in [6.07, 6.45) is 2.31. The third kappa shape index (κ3) is 4.31. The Morgan fingerprint density at radius 1 is 1.32 bits per heavy atom. The van der Waals surface area contributed by atoms with Crippen LogP contribution in [0.4, 0.5) is 4.39 Å². The highest BCUT2D eigenvalue weighted by molar-refractivity contribution is 6.38. The van der Waals surface area contributed by atoms with Crippen molar-refractivity contribution in [2.24, 2.45) is 0 Å². The van der Waals surface area contributed by atoms with Crippen LogP contribution in [0.25, 0.3) is 16.7 Å². The quantitative estimate of drug-likeness (QED) is 0.603. The molecule has 8 heteroatoms. The molecular weight excluding hydrogens is 383 g/mol. The van der Waals surface area contributed by atoms with Gasteiger partial charge in [0.2, 0.25) is 0 Å². The zero-order valence-electron chi connectivity index (χ0n) is 16.0. The number of carbonyl (C=O) groups is 1. The number of amides is 1. The number of ether oxygens (including phenoxy) is 1. The van der Waals surface area contributed by atoms with E-state index in [4.69, 9.17) is 16.3 Å². The lowest BCUT2D eigenvalue weighted by atomic mass is 10.2. The maximum absolute atomic E-state index is 13.2. The molecule has 0 aliphatic heterocycles. The minimum Gasteiger partial charge on any atom is -0.379 e. The predicted octanol–water partition coefficient (Wildman–Crippen LogP) is 4.07. The van der Waals surface area contributed by atoms with Crippen LogP contribution in [-0.4, -0.2) is 39.9 Å². The second kappa shape index (κ2) is 8.67. The summed E-state index contributed by atoms with van der Waals surface area (Å²) in [5, 5.41) is 8.18. The van der Waals surface area contributed by atoms with Gasteiger partial charge in [0.05, 0.1) is 33.5 Å². The van der Waals surface area contributed by atoms with Gasteiger partial charge in [-0.05, 0) is 51.5 Å². The fraction of sp³-hybridized carbons (Fsp3) is 0.350. The Kier molecular flexibility index (Phi) is 6.26. The van der Waals surface area contributed by atoms with Crippen molar-refractivity contribution >= 4 is 28.5 Å². The SMILES string of the molecule is Cc1nn(-c2ccc(F)cc2)c2ncc(C(=O)NCCCOC(C)C)c(Cl)c12. The molecule has 1 N–H and O–H groups in total. The Bertz CT molecular complexity index is 986. The maximum Gasteiger partial charge on any atom is 0.254 e. The monoisotopic (exact) mass is 404 g/mol. The van der Waals surface area contributed by atoms with Gasteiger partial charge in [-0.3, -0.25) is 4.79 Å². The Hall–Kier alpha value is -2.51. The molecule has 2 heterocycles. The summed E-state index contributed by atoms with van der Waals surface area (Å²) < 4.78 is 20.2. The van der Waals surface area contributed by atoms with Crippen molar-refractivity contribution in [3.63, 3.8) is 0 Å². The fourth-order valence-corrected chi connectivity index (χ4v) is 3.17. The van der Waals surface area contributed by atoms with Gasteiger partial charge < -0.3 is 10.1 Å². The van der Waals surface area contributed by atoms with Crippen molar-refractivity contribution in [1.29, 1.82) is 0 Å². The zero-order chi connectivity index (χ0) is 20.3. The van der Waals surface area contributed by atoms with E-state index in [2.05, 4.69) is 15.4 Å². The molecule has 6 nitrogen and oxygen atoms in total. The van der Waals surface area contributed by atoms with Crippen LogP contribution in [0.3, 0.4) is 0 Å². The molecule has 0 saturated heterocycles. The standard InChI is InChI=1S/C20H22ClFN4O2/c1-12(2)28-10-4-9-23-20(27)16-11-24-19-17(18(16)21)13(3)25-26(19)15-7-5-14(22)6-8-15/h5-8,11-12H,4,9-10H2,1-3H3,(H,23,27). The minimum atomic E-state index is -0.333. The summed E-state index contributed by atoms with van der Waals surface area (Å²) in [5.74, 6) is -0.626. The molecule has 148 valence electrons. The molecule has 0 bridgehead atoms. The van der Waals surface area contributed by atoms with Crippen molar-refractivity contribution in [3.8, 4) is 5.69 Å². The van der Waals surface area contributed by atoms with Crippen LogP contribution >= 0.6 is 11.6 Å². The van der Waals surface area contributed by atoms with Gasteiger partial charge >= 0.3 is 0 Å². The number of carbonyl (C=O) groups excluding carboxylic acids is 1. The number of hydrogen-bond donors (Lipinski definition) is 1. The average Bonchev–Trinajstić information content (AvgIpc) is 2.99. The lowest BCUT2D eigenvalue weighted by Crippen LogP contribution is -2.26. The van der Waals surface area contributed by atoms with E-state index in [9.17, 15) is 9.18 Å². The highest BCUT2D eigenvalue weighted by Gasteiger charge is 2.19. The van der Waals surface area contributed by atoms with Crippen molar-refractivity contribution in [2.75, 3.05) is 13.2 Å². The summed E-state index contributed by atoms with van der Waals surface area (Å²) in [5.41, 5.74) is 2.10. The van der Waals surface area contributed by atoms with E-state index in [1.54, 1.807) is 23.7 Å². The second-order valence-electron chi connectivity index (χ2n) is 6.69. The van der Waals surface area contributed by atoms with Gasteiger partial charge in [0, 0.05) is 19.3 Å². The van der Waals surface area contributed by atoms with Gasteiger partial charge in [-0.1, -0.05) is 11.6 Å². The van der Waals surface area contributed by atoms with E-state index in [1.165, 1.54) is 18.3 Å². The van der Waals surface area contributed by atoms with Crippen molar-refractivity contribution < 1.29 is 13.9 Å². The Labute approximate surface area is 167 Å². The van der Waals surface area contributed by atoms with Crippen molar-refractivity contribution in [2.45, 2.75) is 33.3 Å². The molecule has 0 saturated carbocycles. The van der Waals surface area contributed by atoms with Gasteiger partial charge in [-0.2, -0.15) is 5.10 Å². The summed E-state index contributed by atoms with van der Waals surface area (Å²) >= 11 is 6.51. The van der Waals surface area contributed by atoms with E-state index in [-0.39, 0.29) is 17.8 Å². The minimum absolute atomic E-state index is 0.164. The van der Waals surface area contributed by atoms with Crippen LogP contribution in [0.5, 0.6) is 0 Å². The topological polar surface area (TPSA) is 69.0 Å². The van der Waals surface area contributed by atoms with Crippen LogP contribution in [0, 0.1) is 12.7 Å². The van der Waals surface area contributed by atoms with Gasteiger partial charge in [0.15, 0.2) is 5.65 Å². The number of rotatable bonds is 7. The lowest BCUT2D eigenvalue weighted by Gasteiger charge is -2.09. The number of halogens is 2. The first-order chi connectivity index (χ1) is 13.4. The number of pyridine rings is 1. The van der Waals surface area contributed by atoms with Gasteiger partial charge in [0.25, 0.3) is 5.91 Å². The van der Waals surface area contributed by atoms with Gasteiger partial charge in [-0.25, -0.2) is 14.1 Å². The molecule has 3 aromatic rings. The van der Waals surface area contributed by atoms with Gasteiger partial charge in [-0.15, -0.1) is 0 Å². The second-order valence-corrected chi connectivity index (χ2v) is 7.07. The number of hydrogen-bond acceptors (Lipinski definition) is 4. The molecule has 1 amide bonds. The lowest BCUT2D eigenvalue weighted by molar-refractivity contribution is 0.0757. The molecular formula is C20H22ClFN4O2. The highest BCUT2D eigenvalue weighted by Crippen LogP contribution is 2.30. The third-order valence-electron chi connectivity index (χ3n) is 4.18. The van der Waals surface area contributed by atoms with Crippen LogP contribution in [-0.2, 0) is 4.74 Å². The fourth-order valence-electron chi connectivity index (χ4n) is 2.82. The third-order valence-corrected chi connectivity index (χ3v) is 4.57. The first kappa shape index (κ1) is 20.2. The summed E-state index contributed by atoms with van der Waals surface area (Å²) in [7, 11) is 0. The molecule has 0 aliphatic carbocycles. The van der Waals surface area contributed by atoms with Crippen molar-refractivity contribution in [1.82, 2.24) is 20.1 Å². The molecule has 1 aromatic carbocycles. The molecule has 3 rings (SSSR count). The number of aromatic nitrogens is 3. The van der Waals surface area contributed by atoms with E-state index in [0.29, 0.717) is 52.6 Å². The number of fused-ring (bicyclic) bond motifs is 1. The smallest absolute Gasteiger partial charge is 0.254 e. The largest absolute Gasteiger partial charge is 0.379 e. The first-order valence-electron chi connectivity index (χ1n) is 9.08. The number of nitrogens with zero attached hydrogens (tertiary/aromatic N) is 3. The molecule has 0 aliphatic rings. The molecule has 2 aromatic heterocycles. The molecule has 0 atom stereocenters. The molecule has 0 unspecified atom stereocenters. The van der Waals surface area contributed by atoms with Crippen LogP contribution in [0.2, 0.25) is 5.02 Å². The van der Waals surface area contributed by atoms with E-state index >= 15 is 0 Å². The van der Waals surface area contributed by atoms with E-state index in [0.717, 1.165) is 0 Å². The average molecular weight is 405 g/mol.